The second-order valence-corrected chi connectivity index (χ2v) is 7.79. The van der Waals surface area contributed by atoms with Crippen LogP contribution in [0, 0.1) is 0 Å². The highest BCUT2D eigenvalue weighted by molar-refractivity contribution is 7.88. The smallest absolute Gasteiger partial charge is 0.250 e. The molecule has 2 aliphatic rings. The lowest BCUT2D eigenvalue weighted by Gasteiger charge is -2.44. The standard InChI is InChI=1S/C12H23N3O4S/c1-12(11(13)16)9-14(7-8-19-12)10-3-5-15(6-4-10)20(2,17)18/h10H,3-9H2,1-2H3,(H2,13,16)/t12-/m0/s1. The Morgan fingerprint density at radius 2 is 1.90 bits per heavy atom. The first-order valence-electron chi connectivity index (χ1n) is 6.85. The van der Waals surface area contributed by atoms with Crippen molar-refractivity contribution in [2.45, 2.75) is 31.4 Å². The number of ether oxygens (including phenoxy) is 1. The molecule has 0 bridgehead atoms. The van der Waals surface area contributed by atoms with E-state index >= 15 is 0 Å². The zero-order valence-electron chi connectivity index (χ0n) is 12.0. The fourth-order valence-corrected chi connectivity index (χ4v) is 3.77. The molecule has 0 saturated carbocycles. The number of hydrogen-bond donors (Lipinski definition) is 1. The highest BCUT2D eigenvalue weighted by Gasteiger charge is 2.40. The maximum atomic E-state index is 11.5. The van der Waals surface area contributed by atoms with E-state index in [2.05, 4.69) is 4.90 Å². The minimum absolute atomic E-state index is 0.288. The van der Waals surface area contributed by atoms with Crippen LogP contribution in [-0.4, -0.2) is 74.2 Å². The van der Waals surface area contributed by atoms with Crippen LogP contribution in [-0.2, 0) is 19.6 Å². The number of nitrogens with two attached hydrogens (primary N) is 1. The van der Waals surface area contributed by atoms with E-state index in [1.807, 2.05) is 0 Å². The van der Waals surface area contributed by atoms with Crippen molar-refractivity contribution in [1.82, 2.24) is 9.21 Å². The Balaban J connectivity index is 1.95. The van der Waals surface area contributed by atoms with Crippen LogP contribution in [0.4, 0.5) is 0 Å². The van der Waals surface area contributed by atoms with Crippen molar-refractivity contribution in [2.75, 3.05) is 39.0 Å². The monoisotopic (exact) mass is 305 g/mol. The maximum Gasteiger partial charge on any atom is 0.250 e. The van der Waals surface area contributed by atoms with E-state index < -0.39 is 21.5 Å². The van der Waals surface area contributed by atoms with E-state index in [9.17, 15) is 13.2 Å². The molecular formula is C12H23N3O4S. The molecule has 0 spiro atoms. The van der Waals surface area contributed by atoms with Crippen molar-refractivity contribution < 1.29 is 17.9 Å². The Hall–Kier alpha value is -0.700. The summed E-state index contributed by atoms with van der Waals surface area (Å²) in [5.41, 5.74) is 4.46. The molecule has 20 heavy (non-hydrogen) atoms. The van der Waals surface area contributed by atoms with Gasteiger partial charge in [0.25, 0.3) is 5.91 Å². The first kappa shape index (κ1) is 15.7. The molecule has 0 aromatic heterocycles. The maximum absolute atomic E-state index is 11.5. The number of carbonyl (C=O) groups is 1. The van der Waals surface area contributed by atoms with Crippen molar-refractivity contribution >= 4 is 15.9 Å². The third-order valence-electron chi connectivity index (χ3n) is 4.23. The number of nitrogens with zero attached hydrogens (tertiary/aromatic N) is 2. The molecule has 2 rings (SSSR count). The molecule has 0 unspecified atom stereocenters. The Kier molecular flexibility index (Phi) is 4.38. The number of sulfonamides is 1. The molecule has 2 aliphatic heterocycles. The summed E-state index contributed by atoms with van der Waals surface area (Å²) in [4.78, 5) is 13.7. The van der Waals surface area contributed by atoms with Crippen LogP contribution in [0.2, 0.25) is 0 Å². The molecule has 2 fully saturated rings. The predicted octanol–water partition coefficient (Wildman–Crippen LogP) is -1.01. The van der Waals surface area contributed by atoms with Gasteiger partial charge in [0.2, 0.25) is 10.0 Å². The number of primary amides is 1. The van der Waals surface area contributed by atoms with Gasteiger partial charge in [-0.1, -0.05) is 0 Å². The molecule has 0 aliphatic carbocycles. The van der Waals surface area contributed by atoms with Crippen molar-refractivity contribution in [3.63, 3.8) is 0 Å². The van der Waals surface area contributed by atoms with Crippen LogP contribution < -0.4 is 5.73 Å². The minimum Gasteiger partial charge on any atom is -0.367 e. The lowest BCUT2D eigenvalue weighted by atomic mass is 9.98. The van der Waals surface area contributed by atoms with Crippen molar-refractivity contribution in [2.24, 2.45) is 5.73 Å². The van der Waals surface area contributed by atoms with Gasteiger partial charge in [0, 0.05) is 32.2 Å². The lowest BCUT2D eigenvalue weighted by Crippen LogP contribution is -2.60. The molecule has 116 valence electrons. The lowest BCUT2D eigenvalue weighted by molar-refractivity contribution is -0.156. The summed E-state index contributed by atoms with van der Waals surface area (Å²) in [7, 11) is -3.10. The fraction of sp³-hybridized carbons (Fsp3) is 0.917. The van der Waals surface area contributed by atoms with Gasteiger partial charge < -0.3 is 10.5 Å². The van der Waals surface area contributed by atoms with Gasteiger partial charge in [-0.3, -0.25) is 9.69 Å². The summed E-state index contributed by atoms with van der Waals surface area (Å²) >= 11 is 0. The van der Waals surface area contributed by atoms with Crippen molar-refractivity contribution in [3.8, 4) is 0 Å². The Bertz CT molecular complexity index is 473. The second kappa shape index (κ2) is 5.59. The van der Waals surface area contributed by atoms with Gasteiger partial charge in [-0.15, -0.1) is 0 Å². The van der Waals surface area contributed by atoms with Gasteiger partial charge in [-0.05, 0) is 19.8 Å². The number of piperidine rings is 1. The zero-order valence-corrected chi connectivity index (χ0v) is 12.9. The van der Waals surface area contributed by atoms with Crippen LogP contribution in [0.3, 0.4) is 0 Å². The van der Waals surface area contributed by atoms with E-state index in [-0.39, 0.29) is 6.04 Å². The molecule has 1 amide bonds. The highest BCUT2D eigenvalue weighted by atomic mass is 32.2. The van der Waals surface area contributed by atoms with Crippen LogP contribution >= 0.6 is 0 Å². The number of hydrogen-bond acceptors (Lipinski definition) is 5. The molecular weight excluding hydrogens is 282 g/mol. The Labute approximate surface area is 120 Å². The topological polar surface area (TPSA) is 92.9 Å². The molecule has 7 nitrogen and oxygen atoms in total. The normalized spacial score (nSPS) is 31.3. The van der Waals surface area contributed by atoms with Crippen molar-refractivity contribution in [3.05, 3.63) is 0 Å². The number of morpholine rings is 1. The number of amides is 1. The van der Waals surface area contributed by atoms with E-state index in [1.54, 1.807) is 6.92 Å². The molecule has 1 atom stereocenters. The zero-order chi connectivity index (χ0) is 15.0. The first-order valence-corrected chi connectivity index (χ1v) is 8.70. The van der Waals surface area contributed by atoms with E-state index in [0.29, 0.717) is 26.2 Å². The molecule has 2 saturated heterocycles. The SMILES string of the molecule is C[C@@]1(C(N)=O)CN(C2CCN(S(C)(=O)=O)CC2)CCO1. The van der Waals surface area contributed by atoms with Gasteiger partial charge in [-0.2, -0.15) is 0 Å². The fourth-order valence-electron chi connectivity index (χ4n) is 2.90. The van der Waals surface area contributed by atoms with Crippen LogP contribution in [0.5, 0.6) is 0 Å². The molecule has 8 heteroatoms. The minimum atomic E-state index is -3.10. The van der Waals surface area contributed by atoms with Gasteiger partial charge >= 0.3 is 0 Å². The number of rotatable bonds is 3. The summed E-state index contributed by atoms with van der Waals surface area (Å²) in [5, 5.41) is 0. The first-order chi connectivity index (χ1) is 9.22. The third kappa shape index (κ3) is 3.30. The van der Waals surface area contributed by atoms with Gasteiger partial charge in [0.15, 0.2) is 5.60 Å². The van der Waals surface area contributed by atoms with Crippen molar-refractivity contribution in [1.29, 1.82) is 0 Å². The molecule has 0 aromatic carbocycles. The summed E-state index contributed by atoms with van der Waals surface area (Å²) < 4.78 is 30.0. The average Bonchev–Trinajstić information content (AvgIpc) is 2.38. The quantitative estimate of drug-likeness (QED) is 0.721. The second-order valence-electron chi connectivity index (χ2n) is 5.81. The molecule has 0 aromatic rings. The van der Waals surface area contributed by atoms with Gasteiger partial charge in [0.1, 0.15) is 0 Å². The average molecular weight is 305 g/mol. The van der Waals surface area contributed by atoms with Crippen LogP contribution in [0.15, 0.2) is 0 Å². The van der Waals surface area contributed by atoms with Gasteiger partial charge in [-0.25, -0.2) is 12.7 Å². The molecule has 2 N–H and O–H groups in total. The summed E-state index contributed by atoms with van der Waals surface area (Å²) in [6.07, 6.45) is 2.80. The van der Waals surface area contributed by atoms with Crippen LogP contribution in [0.1, 0.15) is 19.8 Å². The van der Waals surface area contributed by atoms with Crippen LogP contribution in [0.25, 0.3) is 0 Å². The van der Waals surface area contributed by atoms with E-state index in [4.69, 9.17) is 10.5 Å². The highest BCUT2D eigenvalue weighted by Crippen LogP contribution is 2.24. The van der Waals surface area contributed by atoms with E-state index in [0.717, 1.165) is 19.4 Å². The largest absolute Gasteiger partial charge is 0.367 e. The number of carbonyl (C=O) groups excluding carboxylic acids is 1. The predicted molar refractivity (Wildman–Crippen MR) is 74.6 cm³/mol. The summed E-state index contributed by atoms with van der Waals surface area (Å²) in [5.74, 6) is -0.448. The Morgan fingerprint density at radius 1 is 1.30 bits per heavy atom. The van der Waals surface area contributed by atoms with Gasteiger partial charge in [0.05, 0.1) is 12.9 Å². The Morgan fingerprint density at radius 3 is 2.40 bits per heavy atom. The molecule has 2 heterocycles. The summed E-state index contributed by atoms with van der Waals surface area (Å²) in [6.45, 7) is 4.50. The third-order valence-corrected chi connectivity index (χ3v) is 5.54. The summed E-state index contributed by atoms with van der Waals surface area (Å²) in [6, 6.07) is 0.288. The van der Waals surface area contributed by atoms with E-state index in [1.165, 1.54) is 10.6 Å². The molecule has 0 radical (unpaired) electrons.